The number of hydrogen-bond acceptors (Lipinski definition) is 4. The van der Waals surface area contributed by atoms with Gasteiger partial charge in [-0.15, -0.1) is 0 Å². The highest BCUT2D eigenvalue weighted by Gasteiger charge is 2.22. The van der Waals surface area contributed by atoms with Crippen molar-refractivity contribution in [2.75, 3.05) is 0 Å². The number of nitrogens with zero attached hydrogens (tertiary/aromatic N) is 1. The van der Waals surface area contributed by atoms with Crippen LogP contribution in [0.1, 0.15) is 11.1 Å². The molecule has 0 bridgehead atoms. The Balaban J connectivity index is 3.73. The SMILES string of the molecule is N#Cc1ccc(Br)c(CO)c1S(=O)(=O)Cl. The minimum atomic E-state index is -4.05. The molecule has 80 valence electrons. The van der Waals surface area contributed by atoms with Gasteiger partial charge in [-0.2, -0.15) is 5.26 Å². The molecule has 1 N–H and O–H groups in total. The Morgan fingerprint density at radius 2 is 2.13 bits per heavy atom. The van der Waals surface area contributed by atoms with Crippen LogP contribution < -0.4 is 0 Å². The third-order valence-electron chi connectivity index (χ3n) is 1.73. The summed E-state index contributed by atoms with van der Waals surface area (Å²) in [4.78, 5) is -0.344. The van der Waals surface area contributed by atoms with Crippen LogP contribution in [0.25, 0.3) is 0 Å². The Bertz CT molecular complexity index is 536. The van der Waals surface area contributed by atoms with Gasteiger partial charge in [0.25, 0.3) is 9.05 Å². The molecule has 1 aromatic carbocycles. The van der Waals surface area contributed by atoms with Crippen molar-refractivity contribution in [3.8, 4) is 6.07 Å². The zero-order chi connectivity index (χ0) is 11.6. The molecule has 0 saturated carbocycles. The molecule has 0 aliphatic carbocycles. The molecule has 1 aromatic rings. The molecule has 0 fully saturated rings. The van der Waals surface area contributed by atoms with E-state index in [1.807, 2.05) is 0 Å². The van der Waals surface area contributed by atoms with Gasteiger partial charge in [-0.05, 0) is 12.1 Å². The molecule has 15 heavy (non-hydrogen) atoms. The zero-order valence-electron chi connectivity index (χ0n) is 7.24. The summed E-state index contributed by atoms with van der Waals surface area (Å²) < 4.78 is 22.8. The van der Waals surface area contributed by atoms with Gasteiger partial charge in [0.15, 0.2) is 0 Å². The van der Waals surface area contributed by atoms with E-state index in [-0.39, 0.29) is 16.0 Å². The second-order valence-electron chi connectivity index (χ2n) is 2.61. The van der Waals surface area contributed by atoms with Crippen molar-refractivity contribution in [2.45, 2.75) is 11.5 Å². The van der Waals surface area contributed by atoms with Crippen molar-refractivity contribution in [3.05, 3.63) is 27.7 Å². The van der Waals surface area contributed by atoms with Crippen molar-refractivity contribution in [1.29, 1.82) is 5.26 Å². The van der Waals surface area contributed by atoms with Gasteiger partial charge >= 0.3 is 0 Å². The highest BCUT2D eigenvalue weighted by Crippen LogP contribution is 2.30. The van der Waals surface area contributed by atoms with Crippen LogP contribution in [0.2, 0.25) is 0 Å². The van der Waals surface area contributed by atoms with E-state index in [4.69, 9.17) is 21.1 Å². The number of benzene rings is 1. The van der Waals surface area contributed by atoms with E-state index in [2.05, 4.69) is 15.9 Å². The lowest BCUT2D eigenvalue weighted by Gasteiger charge is -2.07. The fourth-order valence-corrected chi connectivity index (χ4v) is 3.08. The summed E-state index contributed by atoms with van der Waals surface area (Å²) in [6.45, 7) is -0.516. The largest absolute Gasteiger partial charge is 0.392 e. The Labute approximate surface area is 99.6 Å². The molecular weight excluding hydrogens is 306 g/mol. The average molecular weight is 311 g/mol. The van der Waals surface area contributed by atoms with Crippen molar-refractivity contribution in [1.82, 2.24) is 0 Å². The fourth-order valence-electron chi connectivity index (χ4n) is 1.12. The number of nitriles is 1. The first-order chi connectivity index (χ1) is 6.91. The summed E-state index contributed by atoms with van der Waals surface area (Å²) in [7, 11) is 1.14. The van der Waals surface area contributed by atoms with E-state index >= 15 is 0 Å². The van der Waals surface area contributed by atoms with Crippen LogP contribution in [0.3, 0.4) is 0 Å². The van der Waals surface area contributed by atoms with E-state index in [1.165, 1.54) is 12.1 Å². The van der Waals surface area contributed by atoms with Crippen molar-refractivity contribution >= 4 is 35.7 Å². The van der Waals surface area contributed by atoms with E-state index in [1.54, 1.807) is 6.07 Å². The van der Waals surface area contributed by atoms with Crippen LogP contribution in [0.4, 0.5) is 0 Å². The van der Waals surface area contributed by atoms with Crippen LogP contribution >= 0.6 is 26.6 Å². The average Bonchev–Trinajstić information content (AvgIpc) is 2.15. The molecule has 0 amide bonds. The van der Waals surface area contributed by atoms with Gasteiger partial charge in [0.05, 0.1) is 12.2 Å². The number of rotatable bonds is 2. The first-order valence-corrected chi connectivity index (χ1v) is 6.79. The predicted octanol–water partition coefficient (Wildman–Crippen LogP) is 1.74. The standard InChI is InChI=1S/C8H5BrClNO3S/c9-7-2-1-5(3-11)8(6(7)4-12)15(10,13)14/h1-2,12H,4H2. The molecule has 4 nitrogen and oxygen atoms in total. The maximum Gasteiger partial charge on any atom is 0.263 e. The molecule has 0 heterocycles. The Hall–Kier alpha value is -0.610. The normalized spacial score (nSPS) is 11.1. The summed E-state index contributed by atoms with van der Waals surface area (Å²) in [5.41, 5.74) is 0.00120. The summed E-state index contributed by atoms with van der Waals surface area (Å²) in [5, 5.41) is 17.7. The lowest BCUT2D eigenvalue weighted by atomic mass is 10.1. The smallest absolute Gasteiger partial charge is 0.263 e. The Morgan fingerprint density at radius 1 is 1.53 bits per heavy atom. The lowest BCUT2D eigenvalue weighted by molar-refractivity contribution is 0.277. The summed E-state index contributed by atoms with van der Waals surface area (Å²) >= 11 is 3.07. The second-order valence-corrected chi connectivity index (χ2v) is 5.97. The maximum absolute atomic E-state index is 11.2. The van der Waals surface area contributed by atoms with Crippen LogP contribution in [0.5, 0.6) is 0 Å². The van der Waals surface area contributed by atoms with Crippen molar-refractivity contribution in [3.63, 3.8) is 0 Å². The summed E-state index contributed by atoms with van der Waals surface area (Å²) in [5.74, 6) is 0. The van der Waals surface area contributed by atoms with Gasteiger partial charge in [-0.1, -0.05) is 15.9 Å². The molecule has 0 aliphatic heterocycles. The van der Waals surface area contributed by atoms with Crippen LogP contribution in [-0.4, -0.2) is 13.5 Å². The van der Waals surface area contributed by atoms with Gasteiger partial charge in [-0.3, -0.25) is 0 Å². The van der Waals surface area contributed by atoms with Crippen molar-refractivity contribution in [2.24, 2.45) is 0 Å². The minimum Gasteiger partial charge on any atom is -0.392 e. The van der Waals surface area contributed by atoms with E-state index in [0.717, 1.165) is 0 Å². The zero-order valence-corrected chi connectivity index (χ0v) is 10.4. The third kappa shape index (κ3) is 2.49. The fraction of sp³-hybridized carbons (Fsp3) is 0.125. The molecule has 0 radical (unpaired) electrons. The number of halogens is 2. The van der Waals surface area contributed by atoms with Gasteiger partial charge in [0, 0.05) is 20.7 Å². The first-order valence-electron chi connectivity index (χ1n) is 3.68. The summed E-state index contributed by atoms with van der Waals surface area (Å²) in [6, 6.07) is 4.51. The topological polar surface area (TPSA) is 78.2 Å². The van der Waals surface area contributed by atoms with Gasteiger partial charge in [0.2, 0.25) is 0 Å². The Kier molecular flexibility index (Phi) is 3.73. The Morgan fingerprint density at radius 3 is 2.53 bits per heavy atom. The molecule has 0 aromatic heterocycles. The first kappa shape index (κ1) is 12.5. The number of aliphatic hydroxyl groups excluding tert-OH is 1. The van der Waals surface area contributed by atoms with E-state index in [9.17, 15) is 8.42 Å². The number of hydrogen-bond donors (Lipinski definition) is 1. The highest BCUT2D eigenvalue weighted by atomic mass is 79.9. The minimum absolute atomic E-state index is 0.0859. The molecule has 1 rings (SSSR count). The van der Waals surface area contributed by atoms with Crippen LogP contribution in [-0.2, 0) is 15.7 Å². The monoisotopic (exact) mass is 309 g/mol. The lowest BCUT2D eigenvalue weighted by Crippen LogP contribution is -2.02. The molecule has 0 spiro atoms. The molecule has 0 atom stereocenters. The van der Waals surface area contributed by atoms with Crippen LogP contribution in [0, 0.1) is 11.3 Å². The molecule has 0 saturated heterocycles. The van der Waals surface area contributed by atoms with E-state index < -0.39 is 15.7 Å². The van der Waals surface area contributed by atoms with Gasteiger partial charge in [-0.25, -0.2) is 8.42 Å². The third-order valence-corrected chi connectivity index (χ3v) is 3.89. The molecule has 0 aliphatic rings. The highest BCUT2D eigenvalue weighted by molar-refractivity contribution is 9.10. The quantitative estimate of drug-likeness (QED) is 0.844. The van der Waals surface area contributed by atoms with Gasteiger partial charge in [0.1, 0.15) is 11.0 Å². The van der Waals surface area contributed by atoms with Gasteiger partial charge < -0.3 is 5.11 Å². The van der Waals surface area contributed by atoms with Crippen molar-refractivity contribution < 1.29 is 13.5 Å². The molecular formula is C8H5BrClNO3S. The predicted molar refractivity (Wildman–Crippen MR) is 57.8 cm³/mol. The maximum atomic E-state index is 11.2. The molecule has 0 unspecified atom stereocenters. The number of aliphatic hydroxyl groups is 1. The van der Waals surface area contributed by atoms with Crippen LogP contribution in [0.15, 0.2) is 21.5 Å². The summed E-state index contributed by atoms with van der Waals surface area (Å²) in [6.07, 6.45) is 0. The second kappa shape index (κ2) is 4.49. The van der Waals surface area contributed by atoms with E-state index in [0.29, 0.717) is 4.47 Å². The molecule has 7 heteroatoms.